The first-order valence-corrected chi connectivity index (χ1v) is 10.7. The fourth-order valence-corrected chi connectivity index (χ4v) is 3.41. The molecule has 1 aromatic heterocycles. The Morgan fingerprint density at radius 2 is 1.77 bits per heavy atom. The second-order valence-corrected chi connectivity index (χ2v) is 8.89. The van der Waals surface area contributed by atoms with E-state index in [4.69, 9.17) is 32.7 Å². The Morgan fingerprint density at radius 1 is 1.03 bits per heavy atom. The highest BCUT2D eigenvalue weighted by atomic mass is 35.5. The molecule has 1 amide bonds. The minimum Gasteiger partial charge on any atom is -0.475 e. The number of hydrogen-bond acceptors (Lipinski definition) is 5. The number of amides is 1. The zero-order valence-corrected chi connectivity index (χ0v) is 19.0. The van der Waals surface area contributed by atoms with Crippen LogP contribution in [0.15, 0.2) is 36.5 Å². The summed E-state index contributed by atoms with van der Waals surface area (Å²) in [5, 5.41) is 1.07. The van der Waals surface area contributed by atoms with E-state index in [-0.39, 0.29) is 11.5 Å². The molecule has 1 fully saturated rings. The first-order chi connectivity index (χ1) is 14.2. The Kier molecular flexibility index (Phi) is 7.45. The van der Waals surface area contributed by atoms with Gasteiger partial charge < -0.3 is 19.3 Å². The summed E-state index contributed by atoms with van der Waals surface area (Å²) < 4.78 is 11.2. The average molecular weight is 452 g/mol. The Balaban J connectivity index is 1.49. The Hall–Kier alpha value is -2.02. The second kappa shape index (κ2) is 9.86. The van der Waals surface area contributed by atoms with Crippen molar-refractivity contribution < 1.29 is 14.3 Å². The van der Waals surface area contributed by atoms with Crippen molar-refractivity contribution in [2.75, 3.05) is 44.3 Å². The largest absolute Gasteiger partial charge is 0.475 e. The molecule has 3 rings (SSSR count). The SMILES string of the molecule is CC(C)(C)OCCOc1ccc(C(=O)N2CCN(c3ccc(Cl)c(Cl)c3)CC2)cn1. The number of piperazine rings is 1. The summed E-state index contributed by atoms with van der Waals surface area (Å²) in [7, 11) is 0. The van der Waals surface area contributed by atoms with Crippen LogP contribution in [0.25, 0.3) is 0 Å². The lowest BCUT2D eigenvalue weighted by Crippen LogP contribution is -2.48. The number of hydrogen-bond donors (Lipinski definition) is 0. The minimum absolute atomic E-state index is 0.0288. The lowest BCUT2D eigenvalue weighted by atomic mass is 10.2. The van der Waals surface area contributed by atoms with Crippen molar-refractivity contribution in [2.45, 2.75) is 26.4 Å². The lowest BCUT2D eigenvalue weighted by Gasteiger charge is -2.36. The van der Waals surface area contributed by atoms with Crippen LogP contribution < -0.4 is 9.64 Å². The number of nitrogens with zero attached hydrogens (tertiary/aromatic N) is 3. The fraction of sp³-hybridized carbons (Fsp3) is 0.455. The van der Waals surface area contributed by atoms with Gasteiger partial charge in [0, 0.05) is 44.1 Å². The number of pyridine rings is 1. The van der Waals surface area contributed by atoms with E-state index < -0.39 is 0 Å². The molecular formula is C22H27Cl2N3O3. The number of benzene rings is 1. The minimum atomic E-state index is -0.198. The smallest absolute Gasteiger partial charge is 0.255 e. The first kappa shape index (κ1) is 22.7. The molecule has 0 radical (unpaired) electrons. The average Bonchev–Trinajstić information content (AvgIpc) is 2.73. The molecule has 30 heavy (non-hydrogen) atoms. The normalized spacial score (nSPS) is 14.7. The van der Waals surface area contributed by atoms with Crippen molar-refractivity contribution in [3.8, 4) is 5.88 Å². The topological polar surface area (TPSA) is 54.9 Å². The molecule has 0 aliphatic carbocycles. The van der Waals surface area contributed by atoms with Gasteiger partial charge in [0.2, 0.25) is 5.88 Å². The van der Waals surface area contributed by atoms with Crippen molar-refractivity contribution in [1.82, 2.24) is 9.88 Å². The van der Waals surface area contributed by atoms with Crippen LogP contribution in [0.1, 0.15) is 31.1 Å². The van der Waals surface area contributed by atoms with Crippen LogP contribution in [0, 0.1) is 0 Å². The molecule has 0 bridgehead atoms. The van der Waals surface area contributed by atoms with E-state index in [1.807, 2.05) is 37.8 Å². The van der Waals surface area contributed by atoms with Crippen molar-refractivity contribution >= 4 is 34.8 Å². The van der Waals surface area contributed by atoms with E-state index in [9.17, 15) is 4.79 Å². The molecular weight excluding hydrogens is 425 g/mol. The number of carbonyl (C=O) groups is 1. The van der Waals surface area contributed by atoms with Gasteiger partial charge in [0.05, 0.1) is 27.8 Å². The van der Waals surface area contributed by atoms with Crippen LogP contribution in [0.3, 0.4) is 0 Å². The van der Waals surface area contributed by atoms with Crippen LogP contribution >= 0.6 is 23.2 Å². The van der Waals surface area contributed by atoms with Crippen LogP contribution in [-0.4, -0.2) is 60.8 Å². The Morgan fingerprint density at radius 3 is 2.37 bits per heavy atom. The molecule has 2 heterocycles. The molecule has 8 heteroatoms. The quantitative estimate of drug-likeness (QED) is 0.603. The van der Waals surface area contributed by atoms with E-state index in [1.54, 1.807) is 24.4 Å². The van der Waals surface area contributed by atoms with Gasteiger partial charge in [-0.15, -0.1) is 0 Å². The highest BCUT2D eigenvalue weighted by Gasteiger charge is 2.23. The van der Waals surface area contributed by atoms with Gasteiger partial charge >= 0.3 is 0 Å². The van der Waals surface area contributed by atoms with Crippen molar-refractivity contribution in [1.29, 1.82) is 0 Å². The van der Waals surface area contributed by atoms with Crippen molar-refractivity contribution in [3.63, 3.8) is 0 Å². The van der Waals surface area contributed by atoms with Gasteiger partial charge in [0.25, 0.3) is 5.91 Å². The zero-order valence-electron chi connectivity index (χ0n) is 17.5. The third-order valence-electron chi connectivity index (χ3n) is 4.69. The van der Waals surface area contributed by atoms with Gasteiger partial charge in [-0.05, 0) is 45.0 Å². The number of anilines is 1. The third-order valence-corrected chi connectivity index (χ3v) is 5.43. The predicted octanol–water partition coefficient (Wildman–Crippen LogP) is 4.54. The summed E-state index contributed by atoms with van der Waals surface area (Å²) >= 11 is 12.1. The molecule has 0 N–H and O–H groups in total. The molecule has 1 aliphatic heterocycles. The van der Waals surface area contributed by atoms with Crippen molar-refractivity contribution in [2.24, 2.45) is 0 Å². The van der Waals surface area contributed by atoms with Gasteiger partial charge in [0.1, 0.15) is 6.61 Å². The van der Waals surface area contributed by atoms with Gasteiger partial charge in [0.15, 0.2) is 0 Å². The fourth-order valence-electron chi connectivity index (χ4n) is 3.12. The summed E-state index contributed by atoms with van der Waals surface area (Å²) in [4.78, 5) is 21.1. The number of ether oxygens (including phenoxy) is 2. The van der Waals surface area contributed by atoms with Gasteiger partial charge in [-0.1, -0.05) is 23.2 Å². The summed E-state index contributed by atoms with van der Waals surface area (Å²) in [6, 6.07) is 9.07. The van der Waals surface area contributed by atoms with Crippen molar-refractivity contribution in [3.05, 3.63) is 52.1 Å². The maximum Gasteiger partial charge on any atom is 0.255 e. The van der Waals surface area contributed by atoms with Gasteiger partial charge in [-0.3, -0.25) is 4.79 Å². The zero-order chi connectivity index (χ0) is 21.7. The first-order valence-electron chi connectivity index (χ1n) is 9.95. The number of rotatable bonds is 6. The monoisotopic (exact) mass is 451 g/mol. The summed E-state index contributed by atoms with van der Waals surface area (Å²) in [5.74, 6) is 0.451. The van der Waals surface area contributed by atoms with E-state index >= 15 is 0 Å². The van der Waals surface area contributed by atoms with Crippen LogP contribution in [0.4, 0.5) is 5.69 Å². The van der Waals surface area contributed by atoms with E-state index in [0.29, 0.717) is 47.8 Å². The molecule has 0 atom stereocenters. The standard InChI is InChI=1S/C22H27Cl2N3O3/c1-22(2,3)30-13-12-29-20-7-4-16(15-25-20)21(28)27-10-8-26(9-11-27)17-5-6-18(23)19(24)14-17/h4-7,14-15H,8-13H2,1-3H3. The molecule has 0 spiro atoms. The molecule has 6 nitrogen and oxygen atoms in total. The maximum absolute atomic E-state index is 12.8. The molecule has 0 unspecified atom stereocenters. The maximum atomic E-state index is 12.8. The van der Waals surface area contributed by atoms with Crippen LogP contribution in [-0.2, 0) is 4.74 Å². The highest BCUT2D eigenvalue weighted by Crippen LogP contribution is 2.28. The number of aromatic nitrogens is 1. The molecule has 2 aromatic rings. The number of carbonyl (C=O) groups excluding carboxylic acids is 1. The summed E-state index contributed by atoms with van der Waals surface area (Å²) in [6.45, 7) is 9.59. The van der Waals surface area contributed by atoms with E-state index in [2.05, 4.69) is 9.88 Å². The lowest BCUT2D eigenvalue weighted by molar-refractivity contribution is -0.0168. The molecule has 162 valence electrons. The summed E-state index contributed by atoms with van der Waals surface area (Å²) in [5.41, 5.74) is 1.36. The second-order valence-electron chi connectivity index (χ2n) is 8.07. The van der Waals surface area contributed by atoms with Crippen LogP contribution in [0.2, 0.25) is 10.0 Å². The molecule has 1 saturated heterocycles. The van der Waals surface area contributed by atoms with Gasteiger partial charge in [-0.2, -0.15) is 0 Å². The predicted molar refractivity (Wildman–Crippen MR) is 120 cm³/mol. The molecule has 0 saturated carbocycles. The Bertz CT molecular complexity index is 861. The molecule has 1 aromatic carbocycles. The summed E-state index contributed by atoms with van der Waals surface area (Å²) in [6.07, 6.45) is 1.56. The highest BCUT2D eigenvalue weighted by molar-refractivity contribution is 6.42. The van der Waals surface area contributed by atoms with E-state index in [0.717, 1.165) is 18.8 Å². The van der Waals surface area contributed by atoms with Crippen LogP contribution in [0.5, 0.6) is 5.88 Å². The number of halogens is 2. The Labute approximate surface area is 187 Å². The van der Waals surface area contributed by atoms with Gasteiger partial charge in [-0.25, -0.2) is 4.98 Å². The van der Waals surface area contributed by atoms with E-state index in [1.165, 1.54) is 0 Å². The third kappa shape index (κ3) is 6.24. The molecule has 1 aliphatic rings.